The van der Waals surface area contributed by atoms with E-state index in [0.29, 0.717) is 18.0 Å². The summed E-state index contributed by atoms with van der Waals surface area (Å²) >= 11 is -0.421. The SMILES string of the molecule is COCc1cc(NS(=O)O)ccc1Oc1ccc(SC)c(C)c1. The van der Waals surface area contributed by atoms with Crippen LogP contribution in [0.3, 0.4) is 0 Å². The van der Waals surface area contributed by atoms with Crippen molar-refractivity contribution in [1.29, 1.82) is 0 Å². The Balaban J connectivity index is 2.27. The van der Waals surface area contributed by atoms with Gasteiger partial charge in [0, 0.05) is 23.3 Å². The molecule has 0 amide bonds. The van der Waals surface area contributed by atoms with Gasteiger partial charge in [-0.3, -0.25) is 9.27 Å². The highest BCUT2D eigenvalue weighted by Crippen LogP contribution is 2.31. The first kappa shape index (κ1) is 17.8. The zero-order valence-corrected chi connectivity index (χ0v) is 14.8. The van der Waals surface area contributed by atoms with Gasteiger partial charge in [0.15, 0.2) is 0 Å². The van der Waals surface area contributed by atoms with Gasteiger partial charge in [0.25, 0.3) is 11.3 Å². The molecule has 0 fully saturated rings. The summed E-state index contributed by atoms with van der Waals surface area (Å²) in [5.74, 6) is 1.39. The molecule has 0 aliphatic rings. The van der Waals surface area contributed by atoms with Crippen LogP contribution in [-0.4, -0.2) is 22.1 Å². The van der Waals surface area contributed by atoms with Crippen LogP contribution in [0.1, 0.15) is 11.1 Å². The molecule has 0 aromatic heterocycles. The second kappa shape index (κ2) is 8.35. The van der Waals surface area contributed by atoms with Crippen LogP contribution in [0.15, 0.2) is 41.3 Å². The molecule has 124 valence electrons. The average molecular weight is 353 g/mol. The van der Waals surface area contributed by atoms with Gasteiger partial charge in [0.1, 0.15) is 11.5 Å². The van der Waals surface area contributed by atoms with E-state index in [1.165, 1.54) is 4.90 Å². The van der Waals surface area contributed by atoms with E-state index in [9.17, 15) is 4.21 Å². The van der Waals surface area contributed by atoms with Crippen molar-refractivity contribution in [2.45, 2.75) is 18.4 Å². The van der Waals surface area contributed by atoms with Crippen molar-refractivity contribution in [2.24, 2.45) is 0 Å². The summed E-state index contributed by atoms with van der Waals surface area (Å²) in [5, 5.41) is 0. The number of thioether (sulfide) groups is 1. The van der Waals surface area contributed by atoms with Gasteiger partial charge in [-0.25, -0.2) is 4.21 Å². The predicted molar refractivity (Wildman–Crippen MR) is 94.6 cm³/mol. The lowest BCUT2D eigenvalue weighted by atomic mass is 10.2. The molecule has 0 spiro atoms. The van der Waals surface area contributed by atoms with E-state index in [-0.39, 0.29) is 0 Å². The van der Waals surface area contributed by atoms with Gasteiger partial charge in [0.2, 0.25) is 0 Å². The number of aryl methyl sites for hydroxylation is 1. The van der Waals surface area contributed by atoms with Crippen LogP contribution in [0, 0.1) is 6.92 Å². The minimum Gasteiger partial charge on any atom is -0.457 e. The molecule has 2 aromatic rings. The number of rotatable bonds is 7. The van der Waals surface area contributed by atoms with Gasteiger partial charge >= 0.3 is 0 Å². The Morgan fingerprint density at radius 2 is 2.04 bits per heavy atom. The largest absolute Gasteiger partial charge is 0.457 e. The Labute approximate surface area is 142 Å². The Bertz CT molecular complexity index is 706. The molecule has 0 heterocycles. The maximum atomic E-state index is 10.8. The third-order valence-corrected chi connectivity index (χ3v) is 4.47. The van der Waals surface area contributed by atoms with Crippen molar-refractivity contribution in [3.8, 4) is 11.5 Å². The molecule has 2 rings (SSSR count). The predicted octanol–water partition coefficient (Wildman–Crippen LogP) is 4.20. The van der Waals surface area contributed by atoms with Crippen LogP contribution in [0.5, 0.6) is 11.5 Å². The van der Waals surface area contributed by atoms with E-state index in [1.807, 2.05) is 31.4 Å². The van der Waals surface area contributed by atoms with Crippen molar-refractivity contribution in [3.05, 3.63) is 47.5 Å². The van der Waals surface area contributed by atoms with Gasteiger partial charge in [0.05, 0.1) is 6.61 Å². The van der Waals surface area contributed by atoms with E-state index >= 15 is 0 Å². The second-order valence-electron chi connectivity index (χ2n) is 4.84. The third-order valence-electron chi connectivity index (χ3n) is 3.16. The Kier molecular flexibility index (Phi) is 6.47. The molecule has 2 N–H and O–H groups in total. The smallest absolute Gasteiger partial charge is 0.259 e. The molecule has 1 atom stereocenters. The molecule has 5 nitrogen and oxygen atoms in total. The number of hydrogen-bond donors (Lipinski definition) is 2. The van der Waals surface area contributed by atoms with Crippen LogP contribution in [0.25, 0.3) is 0 Å². The maximum absolute atomic E-state index is 10.8. The lowest BCUT2D eigenvalue weighted by Gasteiger charge is -2.13. The molecule has 0 radical (unpaired) electrons. The molecule has 0 bridgehead atoms. The summed E-state index contributed by atoms with van der Waals surface area (Å²) in [6.45, 7) is 2.38. The normalized spacial score (nSPS) is 12.0. The highest BCUT2D eigenvalue weighted by molar-refractivity contribution is 7.98. The molecule has 0 saturated carbocycles. The molecule has 2 aromatic carbocycles. The van der Waals surface area contributed by atoms with Gasteiger partial charge in [-0.1, -0.05) is 0 Å². The van der Waals surface area contributed by atoms with Crippen LogP contribution in [0.2, 0.25) is 0 Å². The van der Waals surface area contributed by atoms with Gasteiger partial charge in [-0.05, 0) is 55.1 Å². The minimum atomic E-state index is -2.11. The quantitative estimate of drug-likeness (QED) is 0.577. The fourth-order valence-electron chi connectivity index (χ4n) is 2.15. The summed E-state index contributed by atoms with van der Waals surface area (Å²) in [7, 11) is 1.59. The number of nitrogens with one attached hydrogen (secondary N) is 1. The van der Waals surface area contributed by atoms with Crippen LogP contribution >= 0.6 is 11.8 Å². The number of hydrogen-bond acceptors (Lipinski definition) is 4. The van der Waals surface area contributed by atoms with Crippen LogP contribution < -0.4 is 9.46 Å². The lowest BCUT2D eigenvalue weighted by Crippen LogP contribution is -2.03. The lowest BCUT2D eigenvalue weighted by molar-refractivity contribution is 0.182. The summed E-state index contributed by atoms with van der Waals surface area (Å²) < 4.78 is 33.3. The van der Waals surface area contributed by atoms with Gasteiger partial charge in [-0.2, -0.15) is 0 Å². The first-order chi connectivity index (χ1) is 11.0. The van der Waals surface area contributed by atoms with Crippen molar-refractivity contribution in [3.63, 3.8) is 0 Å². The number of methoxy groups -OCH3 is 1. The van der Waals surface area contributed by atoms with Crippen molar-refractivity contribution >= 4 is 28.7 Å². The molecule has 0 aliphatic heterocycles. The highest BCUT2D eigenvalue weighted by atomic mass is 32.2. The van der Waals surface area contributed by atoms with E-state index in [2.05, 4.69) is 4.72 Å². The van der Waals surface area contributed by atoms with Gasteiger partial charge in [-0.15, -0.1) is 11.8 Å². The molecule has 23 heavy (non-hydrogen) atoms. The highest BCUT2D eigenvalue weighted by Gasteiger charge is 2.09. The molecule has 1 unspecified atom stereocenters. The topological polar surface area (TPSA) is 67.8 Å². The van der Waals surface area contributed by atoms with E-state index in [1.54, 1.807) is 37.1 Å². The standard InChI is InChI=1S/C16H19NO4S2/c1-11-8-14(5-7-16(11)22-3)21-15-6-4-13(17-23(18)19)9-12(15)10-20-2/h4-9,17H,10H2,1-3H3,(H,18,19). The van der Waals surface area contributed by atoms with E-state index in [0.717, 1.165) is 16.9 Å². The zero-order chi connectivity index (χ0) is 16.8. The molecular formula is C16H19NO4S2. The first-order valence-corrected chi connectivity index (χ1v) is 9.18. The molecular weight excluding hydrogens is 334 g/mol. The van der Waals surface area contributed by atoms with E-state index < -0.39 is 11.3 Å². The number of anilines is 1. The van der Waals surface area contributed by atoms with Crippen molar-refractivity contribution in [2.75, 3.05) is 18.1 Å². The zero-order valence-electron chi connectivity index (χ0n) is 13.2. The number of ether oxygens (including phenoxy) is 2. The summed E-state index contributed by atoms with van der Waals surface area (Å²) in [6, 6.07) is 11.1. The van der Waals surface area contributed by atoms with Crippen LogP contribution in [0.4, 0.5) is 5.69 Å². The van der Waals surface area contributed by atoms with Gasteiger partial charge < -0.3 is 9.47 Å². The summed E-state index contributed by atoms with van der Waals surface area (Å²) in [4.78, 5) is 1.21. The van der Waals surface area contributed by atoms with Crippen LogP contribution in [-0.2, 0) is 22.6 Å². The van der Waals surface area contributed by atoms with Crippen molar-refractivity contribution < 1.29 is 18.2 Å². The number of benzene rings is 2. The summed E-state index contributed by atoms with van der Waals surface area (Å²) in [5.41, 5.74) is 2.46. The van der Waals surface area contributed by atoms with E-state index in [4.69, 9.17) is 14.0 Å². The maximum Gasteiger partial charge on any atom is 0.259 e. The summed E-state index contributed by atoms with van der Waals surface area (Å²) in [6.07, 6.45) is 2.04. The average Bonchev–Trinajstić information content (AvgIpc) is 2.50. The third kappa shape index (κ3) is 4.97. The Morgan fingerprint density at radius 3 is 2.65 bits per heavy atom. The molecule has 0 aliphatic carbocycles. The molecule has 0 saturated heterocycles. The monoisotopic (exact) mass is 353 g/mol. The minimum absolute atomic E-state index is 0.338. The first-order valence-electron chi connectivity index (χ1n) is 6.85. The molecule has 7 heteroatoms. The fraction of sp³-hybridized carbons (Fsp3) is 0.250. The second-order valence-corrected chi connectivity index (χ2v) is 6.39. The Hall–Kier alpha value is -1.54. The fourth-order valence-corrected chi connectivity index (χ4v) is 3.07. The Morgan fingerprint density at radius 1 is 1.26 bits per heavy atom. The van der Waals surface area contributed by atoms with Crippen molar-refractivity contribution in [1.82, 2.24) is 0 Å².